The molecule has 3 nitrogen and oxygen atoms in total. The Morgan fingerprint density at radius 3 is 2.50 bits per heavy atom. The monoisotopic (exact) mass is 221 g/mol. The minimum atomic E-state index is -0.0522. The van der Waals surface area contributed by atoms with Crippen LogP contribution in [-0.2, 0) is 9.59 Å². The summed E-state index contributed by atoms with van der Waals surface area (Å²) >= 11 is 0. The van der Waals surface area contributed by atoms with E-state index in [-0.39, 0.29) is 17.5 Å². The molecule has 1 heterocycles. The van der Waals surface area contributed by atoms with Gasteiger partial charge in [-0.05, 0) is 26.2 Å². The van der Waals surface area contributed by atoms with E-state index in [1.807, 2.05) is 13.8 Å². The highest BCUT2D eigenvalue weighted by molar-refractivity contribution is 6.26. The van der Waals surface area contributed by atoms with Gasteiger partial charge < -0.3 is 4.90 Å². The second-order valence-corrected chi connectivity index (χ2v) is 4.67. The minimum Gasteiger partial charge on any atom is -0.374 e. The summed E-state index contributed by atoms with van der Waals surface area (Å²) in [5.74, 6) is 0.0136. The molecule has 0 saturated carbocycles. The highest BCUT2D eigenvalue weighted by Crippen LogP contribution is 2.35. The molecule has 1 aliphatic heterocycles. The number of rotatable bonds is 3. The van der Waals surface area contributed by atoms with Crippen molar-refractivity contribution >= 4 is 11.6 Å². The molecule has 0 aromatic rings. The van der Waals surface area contributed by atoms with E-state index in [0.29, 0.717) is 12.0 Å². The van der Waals surface area contributed by atoms with Gasteiger partial charge in [0.05, 0.1) is 11.5 Å². The average Bonchev–Trinajstić information content (AvgIpc) is 2.34. The largest absolute Gasteiger partial charge is 0.374 e. The molecule has 88 valence electrons. The summed E-state index contributed by atoms with van der Waals surface area (Å²) in [6.45, 7) is 5.75. The number of carbonyl (C=O) groups is 2. The predicted molar refractivity (Wildman–Crippen MR) is 61.9 cm³/mol. The molecule has 2 aliphatic rings. The number of allylic oxidation sites excluding steroid dienone is 2. The van der Waals surface area contributed by atoms with Crippen molar-refractivity contribution in [2.45, 2.75) is 39.5 Å². The Balaban J connectivity index is 2.24. The molecule has 3 heteroatoms. The molecule has 1 aliphatic carbocycles. The molecule has 1 atom stereocenters. The number of likely N-dealkylation sites (tertiary alicyclic amines) is 1. The maximum absolute atomic E-state index is 11.7. The molecule has 0 amide bonds. The fraction of sp³-hybridized carbons (Fsp3) is 0.692. The van der Waals surface area contributed by atoms with Gasteiger partial charge in [-0.15, -0.1) is 0 Å². The van der Waals surface area contributed by atoms with Gasteiger partial charge in [0.15, 0.2) is 11.6 Å². The van der Waals surface area contributed by atoms with Gasteiger partial charge in [-0.25, -0.2) is 0 Å². The van der Waals surface area contributed by atoms with E-state index in [2.05, 4.69) is 4.90 Å². The van der Waals surface area contributed by atoms with E-state index in [9.17, 15) is 9.59 Å². The molecule has 0 radical (unpaired) electrons. The van der Waals surface area contributed by atoms with Crippen LogP contribution in [0, 0.1) is 5.92 Å². The lowest BCUT2D eigenvalue weighted by Gasteiger charge is -2.40. The normalized spacial score (nSPS) is 25.8. The molecule has 1 fully saturated rings. The lowest BCUT2D eigenvalue weighted by Crippen LogP contribution is -2.44. The average molecular weight is 221 g/mol. The number of hydrogen-bond donors (Lipinski definition) is 0. The Morgan fingerprint density at radius 1 is 1.31 bits per heavy atom. The Morgan fingerprint density at radius 2 is 1.94 bits per heavy atom. The van der Waals surface area contributed by atoms with E-state index in [4.69, 9.17) is 0 Å². The molecule has 0 aromatic heterocycles. The zero-order valence-electron chi connectivity index (χ0n) is 10.1. The predicted octanol–water partition coefficient (Wildman–Crippen LogP) is 1.92. The molecule has 0 N–H and O–H groups in total. The van der Waals surface area contributed by atoms with E-state index in [1.54, 1.807) is 0 Å². The van der Waals surface area contributed by atoms with E-state index < -0.39 is 0 Å². The first-order valence-electron chi connectivity index (χ1n) is 6.23. The number of piperidine rings is 1. The van der Waals surface area contributed by atoms with Crippen LogP contribution in [0.15, 0.2) is 11.3 Å². The molecular formula is C13H19NO2. The number of carbonyl (C=O) groups excluding carboxylic acids is 2. The van der Waals surface area contributed by atoms with E-state index >= 15 is 0 Å². The first kappa shape index (κ1) is 11.4. The van der Waals surface area contributed by atoms with Crippen molar-refractivity contribution in [3.8, 4) is 0 Å². The highest BCUT2D eigenvalue weighted by Gasteiger charge is 2.41. The Bertz CT molecular complexity index is 351. The molecule has 1 unspecified atom stereocenters. The van der Waals surface area contributed by atoms with Gasteiger partial charge in [0, 0.05) is 25.2 Å². The van der Waals surface area contributed by atoms with Crippen LogP contribution in [0.2, 0.25) is 0 Å². The Labute approximate surface area is 96.5 Å². The van der Waals surface area contributed by atoms with Crippen molar-refractivity contribution < 1.29 is 9.59 Å². The molecule has 0 aromatic carbocycles. The SMILES string of the molecule is CCC(=O)C1=C(N2CCCCC2)C(C)C1=O. The van der Waals surface area contributed by atoms with Crippen LogP contribution >= 0.6 is 0 Å². The van der Waals surface area contributed by atoms with Gasteiger partial charge in [0.1, 0.15) is 0 Å². The van der Waals surface area contributed by atoms with Crippen LogP contribution in [-0.4, -0.2) is 29.6 Å². The second-order valence-electron chi connectivity index (χ2n) is 4.67. The summed E-state index contributed by atoms with van der Waals surface area (Å²) in [5, 5.41) is 0. The zero-order valence-corrected chi connectivity index (χ0v) is 10.1. The maximum Gasteiger partial charge on any atom is 0.176 e. The summed E-state index contributed by atoms with van der Waals surface area (Å²) < 4.78 is 0. The molecule has 1 saturated heterocycles. The third-order valence-corrected chi connectivity index (χ3v) is 3.60. The van der Waals surface area contributed by atoms with Gasteiger partial charge in [-0.3, -0.25) is 9.59 Å². The van der Waals surface area contributed by atoms with Crippen LogP contribution in [0.5, 0.6) is 0 Å². The van der Waals surface area contributed by atoms with E-state index in [0.717, 1.165) is 18.8 Å². The Hall–Kier alpha value is -1.12. The van der Waals surface area contributed by atoms with Gasteiger partial charge >= 0.3 is 0 Å². The number of Topliss-reactive ketones (excluding diaryl/α,β-unsaturated/α-hetero) is 2. The van der Waals surface area contributed by atoms with Crippen LogP contribution in [0.25, 0.3) is 0 Å². The van der Waals surface area contributed by atoms with Crippen molar-refractivity contribution in [1.29, 1.82) is 0 Å². The standard InChI is InChI=1S/C13H19NO2/c1-3-10(15)11-12(9(2)13(11)16)14-7-5-4-6-8-14/h9H,3-8H2,1-2H3. The van der Waals surface area contributed by atoms with Gasteiger partial charge in [-0.1, -0.05) is 6.92 Å². The molecule has 16 heavy (non-hydrogen) atoms. The van der Waals surface area contributed by atoms with Crippen molar-refractivity contribution in [3.05, 3.63) is 11.3 Å². The lowest BCUT2D eigenvalue weighted by molar-refractivity contribution is -0.126. The topological polar surface area (TPSA) is 37.4 Å². The van der Waals surface area contributed by atoms with Gasteiger partial charge in [0.25, 0.3) is 0 Å². The third-order valence-electron chi connectivity index (χ3n) is 3.60. The van der Waals surface area contributed by atoms with Crippen LogP contribution in [0.4, 0.5) is 0 Å². The van der Waals surface area contributed by atoms with Crippen LogP contribution in [0.3, 0.4) is 0 Å². The first-order chi connectivity index (χ1) is 7.66. The molecule has 2 rings (SSSR count). The summed E-state index contributed by atoms with van der Waals surface area (Å²) in [6.07, 6.45) is 4.06. The summed E-state index contributed by atoms with van der Waals surface area (Å²) in [6, 6.07) is 0. The van der Waals surface area contributed by atoms with Gasteiger partial charge in [-0.2, -0.15) is 0 Å². The third kappa shape index (κ3) is 1.68. The second kappa shape index (κ2) is 4.40. The quantitative estimate of drug-likeness (QED) is 0.683. The van der Waals surface area contributed by atoms with Crippen LogP contribution < -0.4 is 0 Å². The summed E-state index contributed by atoms with van der Waals surface area (Å²) in [7, 11) is 0. The number of ketones is 2. The summed E-state index contributed by atoms with van der Waals surface area (Å²) in [4.78, 5) is 25.7. The number of nitrogens with zero attached hydrogens (tertiary/aromatic N) is 1. The lowest BCUT2D eigenvalue weighted by atomic mass is 9.78. The molecule has 0 bridgehead atoms. The zero-order chi connectivity index (χ0) is 11.7. The van der Waals surface area contributed by atoms with Crippen molar-refractivity contribution in [3.63, 3.8) is 0 Å². The van der Waals surface area contributed by atoms with Crippen molar-refractivity contribution in [2.24, 2.45) is 5.92 Å². The van der Waals surface area contributed by atoms with Crippen molar-refractivity contribution in [1.82, 2.24) is 4.90 Å². The first-order valence-corrected chi connectivity index (χ1v) is 6.23. The van der Waals surface area contributed by atoms with Gasteiger partial charge in [0.2, 0.25) is 0 Å². The highest BCUT2D eigenvalue weighted by atomic mass is 16.2. The van der Waals surface area contributed by atoms with E-state index in [1.165, 1.54) is 19.3 Å². The minimum absolute atomic E-state index is 0.0173. The summed E-state index contributed by atoms with van der Waals surface area (Å²) in [5.41, 5.74) is 1.52. The Kier molecular flexibility index (Phi) is 3.13. The maximum atomic E-state index is 11.7. The molecule has 0 spiro atoms. The fourth-order valence-corrected chi connectivity index (χ4v) is 2.63. The van der Waals surface area contributed by atoms with Crippen molar-refractivity contribution in [2.75, 3.05) is 13.1 Å². The van der Waals surface area contributed by atoms with Crippen LogP contribution in [0.1, 0.15) is 39.5 Å². The smallest absolute Gasteiger partial charge is 0.176 e. The fourth-order valence-electron chi connectivity index (χ4n) is 2.63. The number of hydrogen-bond acceptors (Lipinski definition) is 3. The molecular weight excluding hydrogens is 202 g/mol.